The number of nitrogens with one attached hydrogen (secondary N) is 1. The van der Waals surface area contributed by atoms with Gasteiger partial charge in [0, 0.05) is 9.35 Å². The monoisotopic (exact) mass is 442 g/mol. The fourth-order valence-electron chi connectivity index (χ4n) is 2.84. The van der Waals surface area contributed by atoms with Gasteiger partial charge in [0.2, 0.25) is 0 Å². The number of para-hydroxylation sites is 2. The van der Waals surface area contributed by atoms with Crippen molar-refractivity contribution in [1.29, 1.82) is 0 Å². The Labute approximate surface area is 168 Å². The van der Waals surface area contributed by atoms with Gasteiger partial charge in [-0.3, -0.25) is 9.69 Å². The number of hydrogen-bond donors (Lipinski definition) is 1. The molecule has 1 N–H and O–H groups in total. The zero-order chi connectivity index (χ0) is 18.8. The number of carbonyl (C=O) groups is 2. The number of rotatable bonds is 4. The molecule has 1 aliphatic rings. The van der Waals surface area contributed by atoms with Crippen LogP contribution in [0.1, 0.15) is 9.67 Å². The number of benzene rings is 2. The van der Waals surface area contributed by atoms with Crippen molar-refractivity contribution in [1.82, 2.24) is 0 Å². The van der Waals surface area contributed by atoms with Crippen LogP contribution < -0.4 is 10.2 Å². The molecule has 1 fully saturated rings. The number of ether oxygens (including phenoxy) is 1. The van der Waals surface area contributed by atoms with Crippen LogP contribution in [0.5, 0.6) is 0 Å². The standard InChI is InChI=1S/C20H15BrN2O3S/c21-14-7-5-13(6-8-14)17-9-10-18(27-17)19(24)22-15-3-1-2-4-16(15)23-11-12-26-20(23)25/h1-10H,11-12H2,(H,22,24). The Morgan fingerprint density at radius 3 is 2.59 bits per heavy atom. The third-order valence-corrected chi connectivity index (χ3v) is 5.82. The summed E-state index contributed by atoms with van der Waals surface area (Å²) >= 11 is 4.85. The largest absolute Gasteiger partial charge is 0.447 e. The smallest absolute Gasteiger partial charge is 0.414 e. The van der Waals surface area contributed by atoms with Gasteiger partial charge in [-0.15, -0.1) is 11.3 Å². The molecule has 1 aliphatic heterocycles. The lowest BCUT2D eigenvalue weighted by Gasteiger charge is -2.17. The average molecular weight is 443 g/mol. The van der Waals surface area contributed by atoms with Gasteiger partial charge in [0.15, 0.2) is 0 Å². The summed E-state index contributed by atoms with van der Waals surface area (Å²) in [7, 11) is 0. The van der Waals surface area contributed by atoms with Crippen LogP contribution in [0.2, 0.25) is 0 Å². The molecule has 5 nitrogen and oxygen atoms in total. The number of amides is 2. The zero-order valence-corrected chi connectivity index (χ0v) is 16.5. The maximum atomic E-state index is 12.7. The lowest BCUT2D eigenvalue weighted by Crippen LogP contribution is -2.25. The van der Waals surface area contributed by atoms with Crippen molar-refractivity contribution >= 4 is 50.6 Å². The first-order valence-corrected chi connectivity index (χ1v) is 9.93. The quantitative estimate of drug-likeness (QED) is 0.589. The molecule has 0 atom stereocenters. The SMILES string of the molecule is O=C(Nc1ccccc1N1CCOC1=O)c1ccc(-c2ccc(Br)cc2)s1. The van der Waals surface area contributed by atoms with Crippen LogP contribution in [0.15, 0.2) is 65.1 Å². The van der Waals surface area contributed by atoms with Crippen LogP contribution in [0.3, 0.4) is 0 Å². The van der Waals surface area contributed by atoms with E-state index in [1.165, 1.54) is 16.2 Å². The minimum atomic E-state index is -0.398. The van der Waals surface area contributed by atoms with Crippen molar-refractivity contribution in [2.75, 3.05) is 23.4 Å². The number of nitrogens with zero attached hydrogens (tertiary/aromatic N) is 1. The molecule has 27 heavy (non-hydrogen) atoms. The molecule has 136 valence electrons. The number of carbonyl (C=O) groups excluding carboxylic acids is 2. The number of cyclic esters (lactones) is 1. The maximum absolute atomic E-state index is 12.7. The lowest BCUT2D eigenvalue weighted by molar-refractivity contribution is 0.103. The average Bonchev–Trinajstić information content (AvgIpc) is 3.32. The highest BCUT2D eigenvalue weighted by atomic mass is 79.9. The molecule has 7 heteroatoms. The van der Waals surface area contributed by atoms with Gasteiger partial charge in [-0.2, -0.15) is 0 Å². The van der Waals surface area contributed by atoms with Gasteiger partial charge >= 0.3 is 6.09 Å². The first-order chi connectivity index (χ1) is 13.1. The van der Waals surface area contributed by atoms with E-state index in [9.17, 15) is 9.59 Å². The number of hydrogen-bond acceptors (Lipinski definition) is 4. The van der Waals surface area contributed by atoms with E-state index in [1.807, 2.05) is 48.5 Å². The Morgan fingerprint density at radius 1 is 1.07 bits per heavy atom. The third kappa shape index (κ3) is 3.74. The van der Waals surface area contributed by atoms with E-state index in [4.69, 9.17) is 4.74 Å². The molecule has 2 aromatic carbocycles. The summed E-state index contributed by atoms with van der Waals surface area (Å²) in [5.41, 5.74) is 2.28. The van der Waals surface area contributed by atoms with Crippen molar-refractivity contribution in [3.8, 4) is 10.4 Å². The van der Waals surface area contributed by atoms with Gasteiger partial charge in [-0.25, -0.2) is 4.79 Å². The fourth-order valence-corrected chi connectivity index (χ4v) is 4.01. The number of thiophene rings is 1. The Bertz CT molecular complexity index is 1000. The molecule has 0 saturated carbocycles. The van der Waals surface area contributed by atoms with E-state index in [0.29, 0.717) is 29.4 Å². The van der Waals surface area contributed by atoms with E-state index in [0.717, 1.165) is 14.9 Å². The molecule has 0 bridgehead atoms. The Balaban J connectivity index is 1.55. The summed E-state index contributed by atoms with van der Waals surface area (Å²) in [5.74, 6) is -0.205. The summed E-state index contributed by atoms with van der Waals surface area (Å²) < 4.78 is 6.01. The number of anilines is 2. The predicted octanol–water partition coefficient (Wildman–Crippen LogP) is 5.39. The van der Waals surface area contributed by atoms with Crippen molar-refractivity contribution in [2.24, 2.45) is 0 Å². The molecule has 0 radical (unpaired) electrons. The second-order valence-corrected chi connectivity index (χ2v) is 7.91. The molecule has 0 unspecified atom stereocenters. The van der Waals surface area contributed by atoms with Gasteiger partial charge in [-0.1, -0.05) is 40.2 Å². The highest BCUT2D eigenvalue weighted by Crippen LogP contribution is 2.31. The Morgan fingerprint density at radius 2 is 1.85 bits per heavy atom. The van der Waals surface area contributed by atoms with Crippen LogP contribution in [0.25, 0.3) is 10.4 Å². The summed E-state index contributed by atoms with van der Waals surface area (Å²) in [5, 5.41) is 2.91. The van der Waals surface area contributed by atoms with E-state index < -0.39 is 6.09 Å². The van der Waals surface area contributed by atoms with Crippen LogP contribution in [0.4, 0.5) is 16.2 Å². The zero-order valence-electron chi connectivity index (χ0n) is 14.1. The summed E-state index contributed by atoms with van der Waals surface area (Å²) in [4.78, 5) is 27.7. The molecule has 1 aromatic heterocycles. The summed E-state index contributed by atoms with van der Waals surface area (Å²) in [6.07, 6.45) is -0.398. The molecule has 2 heterocycles. The molecule has 4 rings (SSSR count). The summed E-state index contributed by atoms with van der Waals surface area (Å²) in [6, 6.07) is 18.9. The molecule has 0 spiro atoms. The molecular weight excluding hydrogens is 428 g/mol. The Hall–Kier alpha value is -2.64. The highest BCUT2D eigenvalue weighted by molar-refractivity contribution is 9.10. The first-order valence-electron chi connectivity index (χ1n) is 8.32. The minimum absolute atomic E-state index is 0.205. The van der Waals surface area contributed by atoms with Crippen molar-refractivity contribution in [2.45, 2.75) is 0 Å². The van der Waals surface area contributed by atoms with Crippen molar-refractivity contribution < 1.29 is 14.3 Å². The molecule has 1 saturated heterocycles. The molecular formula is C20H15BrN2O3S. The lowest BCUT2D eigenvalue weighted by atomic mass is 10.2. The topological polar surface area (TPSA) is 58.6 Å². The summed E-state index contributed by atoms with van der Waals surface area (Å²) in [6.45, 7) is 0.820. The van der Waals surface area contributed by atoms with E-state index >= 15 is 0 Å². The maximum Gasteiger partial charge on any atom is 0.414 e. The van der Waals surface area contributed by atoms with Crippen LogP contribution in [-0.4, -0.2) is 25.2 Å². The third-order valence-electron chi connectivity index (χ3n) is 4.16. The van der Waals surface area contributed by atoms with Gasteiger partial charge in [0.25, 0.3) is 5.91 Å². The second kappa shape index (κ2) is 7.54. The van der Waals surface area contributed by atoms with E-state index in [1.54, 1.807) is 12.1 Å². The van der Waals surface area contributed by atoms with E-state index in [-0.39, 0.29) is 5.91 Å². The predicted molar refractivity (Wildman–Crippen MR) is 111 cm³/mol. The highest BCUT2D eigenvalue weighted by Gasteiger charge is 2.26. The van der Waals surface area contributed by atoms with E-state index in [2.05, 4.69) is 21.2 Å². The second-order valence-electron chi connectivity index (χ2n) is 5.91. The van der Waals surface area contributed by atoms with Crippen molar-refractivity contribution in [3.05, 3.63) is 70.0 Å². The number of halogens is 1. The van der Waals surface area contributed by atoms with Crippen molar-refractivity contribution in [3.63, 3.8) is 0 Å². The first kappa shape index (κ1) is 17.8. The van der Waals surface area contributed by atoms with Gasteiger partial charge in [-0.05, 0) is 42.0 Å². The molecule has 0 aliphatic carbocycles. The molecule has 3 aromatic rings. The van der Waals surface area contributed by atoms with Gasteiger partial charge in [0.1, 0.15) is 6.61 Å². The molecule has 2 amide bonds. The van der Waals surface area contributed by atoms with Crippen LogP contribution in [0, 0.1) is 0 Å². The van der Waals surface area contributed by atoms with Gasteiger partial charge in [0.05, 0.1) is 22.8 Å². The Kier molecular flexibility index (Phi) is 4.96. The van der Waals surface area contributed by atoms with Crippen LogP contribution in [-0.2, 0) is 4.74 Å². The minimum Gasteiger partial charge on any atom is -0.447 e. The fraction of sp³-hybridized carbons (Fsp3) is 0.100. The van der Waals surface area contributed by atoms with Crippen LogP contribution >= 0.6 is 27.3 Å². The van der Waals surface area contributed by atoms with Gasteiger partial charge < -0.3 is 10.1 Å². The normalized spacial score (nSPS) is 13.5.